The Labute approximate surface area is 231 Å². The number of carbonyl (C=O) groups is 1. The molecule has 0 saturated carbocycles. The van der Waals surface area contributed by atoms with Gasteiger partial charge in [0.1, 0.15) is 5.54 Å². The molecule has 2 heterocycles. The van der Waals surface area contributed by atoms with Crippen LogP contribution < -0.4 is 4.90 Å². The van der Waals surface area contributed by atoms with Crippen LogP contribution in [-0.4, -0.2) is 33.6 Å². The molecule has 5 nitrogen and oxygen atoms in total. The number of benzene rings is 4. The largest absolute Gasteiger partial charge is 0.324 e. The zero-order chi connectivity index (χ0) is 26.0. The highest BCUT2D eigenvalue weighted by atomic mass is 79.9. The van der Waals surface area contributed by atoms with Crippen LogP contribution in [0.2, 0.25) is 0 Å². The van der Waals surface area contributed by atoms with Gasteiger partial charge in [-0.3, -0.25) is 4.90 Å². The number of halogens is 1. The van der Waals surface area contributed by atoms with Gasteiger partial charge in [-0.1, -0.05) is 113 Å². The second-order valence-corrected chi connectivity index (χ2v) is 10.3. The number of aromatic nitrogens is 2. The van der Waals surface area contributed by atoms with Gasteiger partial charge in [-0.15, -0.1) is 0 Å². The predicted octanol–water partition coefficient (Wildman–Crippen LogP) is 6.93. The Kier molecular flexibility index (Phi) is 6.56. The summed E-state index contributed by atoms with van der Waals surface area (Å²) in [6.45, 7) is 1.75. The lowest BCUT2D eigenvalue weighted by molar-refractivity contribution is 0.218. The topological polar surface area (TPSA) is 41.4 Å². The molecule has 2 amide bonds. The second-order valence-electron chi connectivity index (χ2n) is 9.42. The molecule has 1 aliphatic rings. The monoisotopic (exact) mass is 562 g/mol. The number of imidazole rings is 1. The fourth-order valence-electron chi connectivity index (χ4n) is 5.42. The Balaban J connectivity index is 1.39. The Bertz CT molecular complexity index is 1440. The van der Waals surface area contributed by atoms with E-state index >= 15 is 0 Å². The molecule has 0 spiro atoms. The quantitative estimate of drug-likeness (QED) is 0.202. The summed E-state index contributed by atoms with van der Waals surface area (Å²) < 4.78 is 3.15. The lowest BCUT2D eigenvalue weighted by Gasteiger charge is -2.37. The van der Waals surface area contributed by atoms with Gasteiger partial charge in [-0.25, -0.2) is 9.78 Å². The van der Waals surface area contributed by atoms with E-state index in [9.17, 15) is 4.79 Å². The summed E-state index contributed by atoms with van der Waals surface area (Å²) in [6.07, 6.45) is 3.98. The number of nitrogens with zero attached hydrogens (tertiary/aromatic N) is 4. The summed E-state index contributed by atoms with van der Waals surface area (Å²) in [6, 6.07) is 39.4. The van der Waals surface area contributed by atoms with Gasteiger partial charge in [0.25, 0.3) is 0 Å². The molecule has 0 atom stereocenters. The van der Waals surface area contributed by atoms with Gasteiger partial charge in [-0.05, 0) is 34.9 Å². The number of hydrogen-bond donors (Lipinski definition) is 0. The maximum atomic E-state index is 13.3. The number of carbonyl (C=O) groups excluding carboxylic acids is 1. The number of amides is 2. The first-order valence-electron chi connectivity index (χ1n) is 12.7. The molecule has 1 fully saturated rings. The first kappa shape index (κ1) is 24.2. The molecule has 0 aliphatic carbocycles. The summed E-state index contributed by atoms with van der Waals surface area (Å²) in [5, 5.41) is 0. The first-order chi connectivity index (χ1) is 18.7. The van der Waals surface area contributed by atoms with Gasteiger partial charge >= 0.3 is 6.03 Å². The fourth-order valence-corrected chi connectivity index (χ4v) is 5.81. The van der Waals surface area contributed by atoms with Crippen molar-refractivity contribution in [1.29, 1.82) is 0 Å². The fraction of sp³-hybridized carbons (Fsp3) is 0.125. The summed E-state index contributed by atoms with van der Waals surface area (Å²) in [7, 11) is 0. The van der Waals surface area contributed by atoms with Crippen LogP contribution in [0.3, 0.4) is 0 Å². The minimum atomic E-state index is -0.619. The van der Waals surface area contributed by atoms with Crippen molar-refractivity contribution in [2.45, 2.75) is 12.1 Å². The van der Waals surface area contributed by atoms with Crippen LogP contribution in [-0.2, 0) is 12.1 Å². The summed E-state index contributed by atoms with van der Waals surface area (Å²) in [5.41, 5.74) is 4.54. The maximum absolute atomic E-state index is 13.3. The van der Waals surface area contributed by atoms with E-state index < -0.39 is 5.54 Å². The van der Waals surface area contributed by atoms with Crippen LogP contribution in [0.4, 0.5) is 10.5 Å². The van der Waals surface area contributed by atoms with Gasteiger partial charge in [-0.2, -0.15) is 0 Å². The van der Waals surface area contributed by atoms with Crippen LogP contribution in [0.15, 0.2) is 132 Å². The van der Waals surface area contributed by atoms with Gasteiger partial charge in [0, 0.05) is 29.4 Å². The van der Waals surface area contributed by atoms with Gasteiger partial charge in [0.05, 0.1) is 18.6 Å². The Morgan fingerprint density at radius 3 is 1.87 bits per heavy atom. The average molecular weight is 563 g/mol. The standard InChI is InChI=1S/C32H27BrN4O/c33-28-17-10-18-30(21-28)37-20-19-35(31(37)38)22-29-23-36(24-34-29)32(25-11-4-1-5-12-25,26-13-6-2-7-14-26)27-15-8-3-9-16-27/h1-18,21,23-24H,19-20,22H2. The summed E-state index contributed by atoms with van der Waals surface area (Å²) >= 11 is 3.51. The lowest BCUT2D eigenvalue weighted by Crippen LogP contribution is -2.37. The Morgan fingerprint density at radius 2 is 1.32 bits per heavy atom. The third kappa shape index (κ3) is 4.31. The molecule has 6 heteroatoms. The molecule has 1 aromatic heterocycles. The van der Waals surface area contributed by atoms with E-state index in [4.69, 9.17) is 4.98 Å². The van der Waals surface area contributed by atoms with E-state index in [1.807, 2.05) is 58.6 Å². The molecule has 0 N–H and O–H groups in total. The van der Waals surface area contributed by atoms with E-state index in [0.717, 1.165) is 32.5 Å². The molecule has 38 heavy (non-hydrogen) atoms. The lowest BCUT2D eigenvalue weighted by atomic mass is 9.77. The van der Waals surface area contributed by atoms with Crippen molar-refractivity contribution < 1.29 is 4.79 Å². The molecule has 5 aromatic rings. The van der Waals surface area contributed by atoms with Crippen molar-refractivity contribution in [2.75, 3.05) is 18.0 Å². The van der Waals surface area contributed by atoms with Gasteiger partial charge in [0.2, 0.25) is 0 Å². The summed E-state index contributed by atoms with van der Waals surface area (Å²) in [5.74, 6) is 0. The molecular weight excluding hydrogens is 536 g/mol. The second kappa shape index (κ2) is 10.3. The van der Waals surface area contributed by atoms with Crippen LogP contribution in [0.1, 0.15) is 22.4 Å². The van der Waals surface area contributed by atoms with Crippen molar-refractivity contribution in [1.82, 2.24) is 14.5 Å². The molecule has 6 rings (SSSR count). The Hall–Kier alpha value is -4.16. The normalized spacial score (nSPS) is 13.8. The van der Waals surface area contributed by atoms with E-state index in [1.54, 1.807) is 0 Å². The molecule has 1 saturated heterocycles. The SMILES string of the molecule is O=C1N(Cc2cn(C(c3ccccc3)(c3ccccc3)c3ccccc3)cn2)CCN1c1cccc(Br)c1. The van der Waals surface area contributed by atoms with E-state index in [2.05, 4.69) is 99.5 Å². The molecule has 0 radical (unpaired) electrons. The van der Waals surface area contributed by atoms with E-state index in [1.165, 1.54) is 0 Å². The van der Waals surface area contributed by atoms with Crippen LogP contribution in [0.25, 0.3) is 0 Å². The average Bonchev–Trinajstić information content (AvgIpc) is 3.58. The molecule has 0 unspecified atom stereocenters. The van der Waals surface area contributed by atoms with Crippen molar-refractivity contribution in [2.24, 2.45) is 0 Å². The third-order valence-corrected chi connectivity index (χ3v) is 7.66. The Morgan fingerprint density at radius 1 is 0.737 bits per heavy atom. The number of urea groups is 1. The summed E-state index contributed by atoms with van der Waals surface area (Å²) in [4.78, 5) is 21.8. The predicted molar refractivity (Wildman–Crippen MR) is 154 cm³/mol. The van der Waals surface area contributed by atoms with Crippen molar-refractivity contribution in [3.8, 4) is 0 Å². The van der Waals surface area contributed by atoms with Gasteiger partial charge in [0.15, 0.2) is 0 Å². The molecule has 0 bridgehead atoms. The zero-order valence-corrected chi connectivity index (χ0v) is 22.4. The highest BCUT2D eigenvalue weighted by molar-refractivity contribution is 9.10. The highest BCUT2D eigenvalue weighted by Crippen LogP contribution is 2.40. The van der Waals surface area contributed by atoms with Crippen molar-refractivity contribution in [3.05, 3.63) is 155 Å². The zero-order valence-electron chi connectivity index (χ0n) is 20.8. The van der Waals surface area contributed by atoms with E-state index in [0.29, 0.717) is 19.6 Å². The van der Waals surface area contributed by atoms with Crippen LogP contribution in [0, 0.1) is 0 Å². The van der Waals surface area contributed by atoms with E-state index in [-0.39, 0.29) is 6.03 Å². The van der Waals surface area contributed by atoms with Crippen LogP contribution >= 0.6 is 15.9 Å². The third-order valence-electron chi connectivity index (χ3n) is 7.17. The molecule has 4 aromatic carbocycles. The van der Waals surface area contributed by atoms with Crippen molar-refractivity contribution >= 4 is 27.6 Å². The number of rotatable bonds is 7. The van der Waals surface area contributed by atoms with Crippen LogP contribution in [0.5, 0.6) is 0 Å². The number of hydrogen-bond acceptors (Lipinski definition) is 2. The van der Waals surface area contributed by atoms with Gasteiger partial charge < -0.3 is 9.47 Å². The maximum Gasteiger partial charge on any atom is 0.324 e. The smallest absolute Gasteiger partial charge is 0.319 e. The molecule has 1 aliphatic heterocycles. The molecular formula is C32H27BrN4O. The minimum absolute atomic E-state index is 0.00177. The first-order valence-corrected chi connectivity index (χ1v) is 13.5. The van der Waals surface area contributed by atoms with Crippen molar-refractivity contribution in [3.63, 3.8) is 0 Å². The highest BCUT2D eigenvalue weighted by Gasteiger charge is 2.38. The number of anilines is 1. The molecule has 188 valence electrons. The minimum Gasteiger partial charge on any atom is -0.319 e.